The van der Waals surface area contributed by atoms with Gasteiger partial charge >= 0.3 is 0 Å². The molecule has 0 unspecified atom stereocenters. The molecule has 5 rings (SSSR count). The summed E-state index contributed by atoms with van der Waals surface area (Å²) in [7, 11) is 1.54. The van der Waals surface area contributed by atoms with E-state index in [0.29, 0.717) is 34.8 Å². The van der Waals surface area contributed by atoms with Gasteiger partial charge in [-0.15, -0.1) is 17.9 Å². The third kappa shape index (κ3) is 4.73. The minimum Gasteiger partial charge on any atom is -0.495 e. The van der Waals surface area contributed by atoms with Crippen molar-refractivity contribution >= 4 is 44.9 Å². The molecule has 3 aromatic heterocycles. The highest BCUT2D eigenvalue weighted by Crippen LogP contribution is 2.36. The second kappa shape index (κ2) is 10.0. The fraction of sp³-hybridized carbons (Fsp3) is 0.292. The molecular formula is C24H23N5O4S2. The molecule has 0 spiro atoms. The average Bonchev–Trinajstić information content (AvgIpc) is 3.56. The van der Waals surface area contributed by atoms with Crippen molar-refractivity contribution in [2.75, 3.05) is 12.4 Å². The monoisotopic (exact) mass is 509 g/mol. The number of anilines is 1. The summed E-state index contributed by atoms with van der Waals surface area (Å²) in [6.07, 6.45) is 4.68. The number of ether oxygens (including phenoxy) is 1. The standard InChI is InChI=1S/C24H23N5O4S2/c1-3-11-29-23(31)21-14-7-6-10-17(14)35-22(21)27-24(29)34-13-20-26-18(28-33-20)12-19(30)25-15-8-4-5-9-16(15)32-2/h3-5,8-9H,1,6-7,10-13H2,2H3,(H,25,30). The Bertz CT molecular complexity index is 1470. The van der Waals surface area contributed by atoms with Crippen LogP contribution in [0.15, 0.2) is 51.4 Å². The van der Waals surface area contributed by atoms with Gasteiger partial charge in [-0.05, 0) is 37.0 Å². The van der Waals surface area contributed by atoms with Crippen LogP contribution in [0.3, 0.4) is 0 Å². The second-order valence-corrected chi connectivity index (χ2v) is 9.98. The average molecular weight is 510 g/mol. The summed E-state index contributed by atoms with van der Waals surface area (Å²) in [6, 6.07) is 7.15. The number of hydrogen-bond acceptors (Lipinski definition) is 9. The summed E-state index contributed by atoms with van der Waals surface area (Å²) < 4.78 is 12.2. The number of para-hydroxylation sites is 2. The highest BCUT2D eigenvalue weighted by Gasteiger charge is 2.23. The molecular weight excluding hydrogens is 486 g/mol. The summed E-state index contributed by atoms with van der Waals surface area (Å²) in [5.74, 6) is 1.23. The Balaban J connectivity index is 1.29. The van der Waals surface area contributed by atoms with E-state index >= 15 is 0 Å². The molecule has 0 saturated heterocycles. The Hall–Kier alpha value is -3.44. The maximum absolute atomic E-state index is 13.3. The quantitative estimate of drug-likeness (QED) is 0.205. The molecule has 0 saturated carbocycles. The summed E-state index contributed by atoms with van der Waals surface area (Å²) in [4.78, 5) is 36.8. The van der Waals surface area contributed by atoms with Gasteiger partial charge in [0.1, 0.15) is 10.6 Å². The minimum absolute atomic E-state index is 0.0315. The molecule has 0 fully saturated rings. The molecule has 1 aliphatic rings. The molecule has 1 amide bonds. The van der Waals surface area contributed by atoms with Crippen molar-refractivity contribution in [3.05, 3.63) is 69.4 Å². The fourth-order valence-electron chi connectivity index (χ4n) is 4.09. The number of thiophene rings is 1. The lowest BCUT2D eigenvalue weighted by atomic mass is 10.2. The highest BCUT2D eigenvalue weighted by molar-refractivity contribution is 7.98. The van der Waals surface area contributed by atoms with Crippen molar-refractivity contribution in [3.63, 3.8) is 0 Å². The van der Waals surface area contributed by atoms with Gasteiger partial charge < -0.3 is 14.6 Å². The Morgan fingerprint density at radius 3 is 3.03 bits per heavy atom. The van der Waals surface area contributed by atoms with Crippen molar-refractivity contribution in [3.8, 4) is 5.75 Å². The number of fused-ring (bicyclic) bond motifs is 3. The first kappa shape index (κ1) is 23.3. The van der Waals surface area contributed by atoms with Gasteiger partial charge in [0, 0.05) is 11.4 Å². The lowest BCUT2D eigenvalue weighted by molar-refractivity contribution is -0.115. The second-order valence-electron chi connectivity index (χ2n) is 7.95. The van der Waals surface area contributed by atoms with Crippen LogP contribution in [0.1, 0.15) is 28.6 Å². The van der Waals surface area contributed by atoms with Crippen LogP contribution in [-0.4, -0.2) is 32.7 Å². The molecule has 1 N–H and O–H groups in total. The zero-order valence-corrected chi connectivity index (χ0v) is 20.7. The normalized spacial score (nSPS) is 12.6. The maximum Gasteiger partial charge on any atom is 0.263 e. The van der Waals surface area contributed by atoms with Crippen molar-refractivity contribution in [1.82, 2.24) is 19.7 Å². The Morgan fingerprint density at radius 2 is 2.20 bits per heavy atom. The van der Waals surface area contributed by atoms with Gasteiger partial charge in [0.05, 0.1) is 30.4 Å². The van der Waals surface area contributed by atoms with Crippen LogP contribution in [0.2, 0.25) is 0 Å². The number of carbonyl (C=O) groups excluding carboxylic acids is 1. The van der Waals surface area contributed by atoms with E-state index < -0.39 is 0 Å². The molecule has 0 aliphatic heterocycles. The number of nitrogens with one attached hydrogen (secondary N) is 1. The number of nitrogens with zero attached hydrogens (tertiary/aromatic N) is 4. The van der Waals surface area contributed by atoms with Crippen LogP contribution in [0, 0.1) is 0 Å². The largest absolute Gasteiger partial charge is 0.495 e. The number of allylic oxidation sites excluding steroid dienone is 1. The first-order valence-corrected chi connectivity index (χ1v) is 12.9. The smallest absolute Gasteiger partial charge is 0.263 e. The van der Waals surface area contributed by atoms with Crippen LogP contribution in [-0.2, 0) is 36.4 Å². The third-order valence-corrected chi connectivity index (χ3v) is 7.78. The molecule has 3 heterocycles. The van der Waals surface area contributed by atoms with Crippen LogP contribution >= 0.6 is 23.1 Å². The van der Waals surface area contributed by atoms with E-state index in [1.54, 1.807) is 41.2 Å². The molecule has 4 aromatic rings. The molecule has 180 valence electrons. The summed E-state index contributed by atoms with van der Waals surface area (Å²) in [5, 5.41) is 8.03. The third-order valence-electron chi connectivity index (χ3n) is 5.64. The lowest BCUT2D eigenvalue weighted by Crippen LogP contribution is -2.22. The zero-order valence-electron chi connectivity index (χ0n) is 19.1. The highest BCUT2D eigenvalue weighted by atomic mass is 32.2. The van der Waals surface area contributed by atoms with E-state index in [4.69, 9.17) is 14.2 Å². The van der Waals surface area contributed by atoms with Gasteiger partial charge in [0.15, 0.2) is 11.0 Å². The molecule has 1 aliphatic carbocycles. The van der Waals surface area contributed by atoms with Gasteiger partial charge in [-0.25, -0.2) is 4.98 Å². The van der Waals surface area contributed by atoms with E-state index in [1.165, 1.54) is 16.6 Å². The van der Waals surface area contributed by atoms with Gasteiger partial charge in [-0.1, -0.05) is 35.1 Å². The molecule has 0 radical (unpaired) electrons. The number of thioether (sulfide) groups is 1. The predicted molar refractivity (Wildman–Crippen MR) is 135 cm³/mol. The summed E-state index contributed by atoms with van der Waals surface area (Å²) in [5.41, 5.74) is 1.70. The SMILES string of the molecule is C=CCn1c(SCc2nc(CC(=O)Nc3ccccc3OC)no2)nc2sc3c(c2c1=O)CCC3. The number of rotatable bonds is 9. The van der Waals surface area contributed by atoms with Gasteiger partial charge in [-0.2, -0.15) is 4.98 Å². The number of aryl methyl sites for hydroxylation is 2. The number of carbonyl (C=O) groups is 1. The maximum atomic E-state index is 13.3. The Kier molecular flexibility index (Phi) is 6.69. The van der Waals surface area contributed by atoms with Crippen LogP contribution in [0.25, 0.3) is 10.2 Å². The van der Waals surface area contributed by atoms with Gasteiger partial charge in [0.25, 0.3) is 5.56 Å². The number of hydrogen-bond donors (Lipinski definition) is 1. The van der Waals surface area contributed by atoms with Gasteiger partial charge in [-0.3, -0.25) is 14.2 Å². The molecule has 0 bridgehead atoms. The first-order valence-electron chi connectivity index (χ1n) is 11.1. The first-order chi connectivity index (χ1) is 17.1. The number of benzene rings is 1. The van der Waals surface area contributed by atoms with E-state index in [0.717, 1.165) is 35.0 Å². The fourth-order valence-corrected chi connectivity index (χ4v) is 6.24. The van der Waals surface area contributed by atoms with E-state index in [2.05, 4.69) is 22.0 Å². The van der Waals surface area contributed by atoms with Crippen molar-refractivity contribution in [1.29, 1.82) is 0 Å². The molecule has 35 heavy (non-hydrogen) atoms. The Labute approximate surface area is 209 Å². The minimum atomic E-state index is -0.285. The molecule has 1 aromatic carbocycles. The van der Waals surface area contributed by atoms with Crippen molar-refractivity contribution in [2.45, 2.75) is 43.1 Å². The zero-order chi connectivity index (χ0) is 24.4. The summed E-state index contributed by atoms with van der Waals surface area (Å²) in [6.45, 7) is 4.16. The van der Waals surface area contributed by atoms with Crippen LogP contribution in [0.5, 0.6) is 5.75 Å². The van der Waals surface area contributed by atoms with Crippen molar-refractivity contribution in [2.24, 2.45) is 0 Å². The van der Waals surface area contributed by atoms with Crippen LogP contribution < -0.4 is 15.6 Å². The lowest BCUT2D eigenvalue weighted by Gasteiger charge is -2.09. The topological polar surface area (TPSA) is 112 Å². The predicted octanol–water partition coefficient (Wildman–Crippen LogP) is 4.00. The van der Waals surface area contributed by atoms with Crippen LogP contribution in [0.4, 0.5) is 5.69 Å². The van der Waals surface area contributed by atoms with E-state index in [-0.39, 0.29) is 23.7 Å². The number of methoxy groups -OCH3 is 1. The van der Waals surface area contributed by atoms with E-state index in [9.17, 15) is 9.59 Å². The van der Waals surface area contributed by atoms with Gasteiger partial charge in [0.2, 0.25) is 11.8 Å². The molecule has 0 atom stereocenters. The van der Waals surface area contributed by atoms with E-state index in [1.807, 2.05) is 12.1 Å². The molecule has 9 nitrogen and oxygen atoms in total. The molecule has 11 heteroatoms. The van der Waals surface area contributed by atoms with Crippen molar-refractivity contribution < 1.29 is 14.1 Å². The number of amides is 1. The summed E-state index contributed by atoms with van der Waals surface area (Å²) >= 11 is 2.96. The Morgan fingerprint density at radius 1 is 1.34 bits per heavy atom. The number of aromatic nitrogens is 4.